The maximum atomic E-state index is 11.8. The van der Waals surface area contributed by atoms with Gasteiger partial charge in [-0.05, 0) is 0 Å². The number of carbonyl (C=O) groups is 2. The van der Waals surface area contributed by atoms with Crippen molar-refractivity contribution in [3.8, 4) is 0 Å². The largest absolute Gasteiger partial charge is 0.476 e. The number of nitrogens with zero attached hydrogens (tertiary/aromatic N) is 4. The van der Waals surface area contributed by atoms with Crippen LogP contribution in [-0.4, -0.2) is 75.4 Å². The molecule has 1 amide bonds. The highest BCUT2D eigenvalue weighted by molar-refractivity contribution is 5.84. The van der Waals surface area contributed by atoms with Crippen molar-refractivity contribution in [1.82, 2.24) is 19.9 Å². The standard InChI is InChI=1S/C10H16N4O5/c1-13(3-7(15)6-19-2)9(16)5-14-4-8(10(17)18)11-12-14/h4,7,15H,3,5-6H2,1-2H3,(H,17,18). The van der Waals surface area contributed by atoms with Crippen LogP contribution in [0.5, 0.6) is 0 Å². The molecule has 0 aliphatic rings. The van der Waals surface area contributed by atoms with Gasteiger partial charge in [0.15, 0.2) is 5.69 Å². The molecule has 1 unspecified atom stereocenters. The Morgan fingerprint density at radius 2 is 2.26 bits per heavy atom. The number of aliphatic hydroxyl groups excluding tert-OH is 1. The van der Waals surface area contributed by atoms with Crippen molar-refractivity contribution in [2.24, 2.45) is 0 Å². The number of likely N-dealkylation sites (N-methyl/N-ethyl adjacent to an activating group) is 1. The van der Waals surface area contributed by atoms with Crippen molar-refractivity contribution in [2.45, 2.75) is 12.6 Å². The van der Waals surface area contributed by atoms with Crippen LogP contribution in [0, 0.1) is 0 Å². The van der Waals surface area contributed by atoms with Crippen molar-refractivity contribution in [3.05, 3.63) is 11.9 Å². The number of rotatable bonds is 7. The number of aromatic nitrogens is 3. The zero-order valence-electron chi connectivity index (χ0n) is 10.7. The van der Waals surface area contributed by atoms with Gasteiger partial charge in [-0.3, -0.25) is 4.79 Å². The highest BCUT2D eigenvalue weighted by Crippen LogP contribution is 1.97. The molecule has 1 aromatic rings. The summed E-state index contributed by atoms with van der Waals surface area (Å²) in [7, 11) is 2.98. The quantitative estimate of drug-likeness (QED) is 0.616. The van der Waals surface area contributed by atoms with E-state index in [1.165, 1.54) is 25.3 Å². The van der Waals surface area contributed by atoms with Crippen molar-refractivity contribution in [1.29, 1.82) is 0 Å². The topological polar surface area (TPSA) is 118 Å². The predicted molar refractivity (Wildman–Crippen MR) is 62.5 cm³/mol. The first kappa shape index (κ1) is 15.1. The number of hydrogen-bond donors (Lipinski definition) is 2. The molecule has 2 N–H and O–H groups in total. The molecule has 1 heterocycles. The predicted octanol–water partition coefficient (Wildman–Crippen LogP) is -1.56. The van der Waals surface area contributed by atoms with Gasteiger partial charge in [0.2, 0.25) is 5.91 Å². The second-order valence-corrected chi connectivity index (χ2v) is 3.99. The number of amides is 1. The second-order valence-electron chi connectivity index (χ2n) is 3.99. The van der Waals surface area contributed by atoms with Gasteiger partial charge < -0.3 is 19.8 Å². The highest BCUT2D eigenvalue weighted by Gasteiger charge is 2.16. The maximum Gasteiger partial charge on any atom is 0.358 e. The zero-order chi connectivity index (χ0) is 14.4. The Bertz CT molecular complexity index is 447. The lowest BCUT2D eigenvalue weighted by Gasteiger charge is -2.20. The molecule has 0 radical (unpaired) electrons. The summed E-state index contributed by atoms with van der Waals surface area (Å²) in [5.41, 5.74) is -0.227. The molecular formula is C10H16N4O5. The highest BCUT2D eigenvalue weighted by atomic mass is 16.5. The Labute approximate surface area is 109 Å². The SMILES string of the molecule is COCC(O)CN(C)C(=O)Cn1cc(C(=O)O)nn1. The first-order chi connectivity index (χ1) is 8.93. The summed E-state index contributed by atoms with van der Waals surface area (Å²) in [6.45, 7) is 0.105. The molecule has 0 saturated carbocycles. The van der Waals surface area contributed by atoms with Crippen LogP contribution in [0.15, 0.2) is 6.20 Å². The summed E-state index contributed by atoms with van der Waals surface area (Å²) in [5.74, 6) is -1.53. The van der Waals surface area contributed by atoms with Gasteiger partial charge in [-0.15, -0.1) is 5.10 Å². The number of ether oxygens (including phenoxy) is 1. The summed E-state index contributed by atoms with van der Waals surface area (Å²) in [4.78, 5) is 23.7. The molecule has 0 aliphatic carbocycles. The average molecular weight is 272 g/mol. The maximum absolute atomic E-state index is 11.8. The van der Waals surface area contributed by atoms with Crippen LogP contribution >= 0.6 is 0 Å². The van der Waals surface area contributed by atoms with Crippen molar-refractivity contribution in [3.63, 3.8) is 0 Å². The van der Waals surface area contributed by atoms with Crippen molar-refractivity contribution >= 4 is 11.9 Å². The Balaban J connectivity index is 2.51. The third-order valence-electron chi connectivity index (χ3n) is 2.32. The van der Waals surface area contributed by atoms with E-state index in [1.54, 1.807) is 0 Å². The van der Waals surface area contributed by atoms with Gasteiger partial charge in [0.25, 0.3) is 0 Å². The minimum atomic E-state index is -1.21. The Kier molecular flexibility index (Phi) is 5.39. The molecule has 1 atom stereocenters. The summed E-state index contributed by atoms with van der Waals surface area (Å²) in [6, 6.07) is 0. The lowest BCUT2D eigenvalue weighted by molar-refractivity contribution is -0.132. The second kappa shape index (κ2) is 6.81. The number of hydrogen-bond acceptors (Lipinski definition) is 6. The van der Waals surface area contributed by atoms with E-state index >= 15 is 0 Å². The summed E-state index contributed by atoms with van der Waals surface area (Å²) in [6.07, 6.45) is 0.393. The van der Waals surface area contributed by atoms with E-state index in [9.17, 15) is 14.7 Å². The van der Waals surface area contributed by atoms with Crippen LogP contribution in [0.3, 0.4) is 0 Å². The van der Waals surface area contributed by atoms with E-state index in [-0.39, 0.29) is 31.3 Å². The Morgan fingerprint density at radius 3 is 2.79 bits per heavy atom. The van der Waals surface area contributed by atoms with Gasteiger partial charge in [0, 0.05) is 20.7 Å². The monoisotopic (exact) mass is 272 g/mol. The number of carboxylic acids is 1. The van der Waals surface area contributed by atoms with Gasteiger partial charge in [0.05, 0.1) is 18.9 Å². The fourth-order valence-corrected chi connectivity index (χ4v) is 1.40. The molecule has 0 aromatic carbocycles. The molecule has 9 heteroatoms. The smallest absolute Gasteiger partial charge is 0.358 e. The number of aromatic carboxylic acids is 1. The van der Waals surface area contributed by atoms with E-state index in [1.807, 2.05) is 0 Å². The molecule has 1 aromatic heterocycles. The van der Waals surface area contributed by atoms with Gasteiger partial charge in [-0.25, -0.2) is 9.48 Å². The van der Waals surface area contributed by atoms with E-state index in [0.717, 1.165) is 4.68 Å². The minimum absolute atomic E-state index is 0.118. The van der Waals surface area contributed by atoms with Gasteiger partial charge in [-0.2, -0.15) is 0 Å². The van der Waals surface area contributed by atoms with E-state index in [0.29, 0.717) is 0 Å². The molecule has 106 valence electrons. The number of methoxy groups -OCH3 is 1. The van der Waals surface area contributed by atoms with E-state index < -0.39 is 12.1 Å². The van der Waals surface area contributed by atoms with Crippen LogP contribution in [0.4, 0.5) is 0 Å². The zero-order valence-corrected chi connectivity index (χ0v) is 10.7. The molecule has 0 fully saturated rings. The molecule has 0 bridgehead atoms. The average Bonchev–Trinajstić information content (AvgIpc) is 2.77. The molecule has 0 aliphatic heterocycles. The third-order valence-corrected chi connectivity index (χ3v) is 2.32. The number of carboxylic acid groups (broad SMARTS) is 1. The van der Waals surface area contributed by atoms with Gasteiger partial charge in [-0.1, -0.05) is 5.21 Å². The van der Waals surface area contributed by atoms with Crippen molar-refractivity contribution in [2.75, 3.05) is 27.3 Å². The van der Waals surface area contributed by atoms with Gasteiger partial charge in [0.1, 0.15) is 6.54 Å². The molecule has 0 spiro atoms. The van der Waals surface area contributed by atoms with Crippen LogP contribution in [0.25, 0.3) is 0 Å². The van der Waals surface area contributed by atoms with E-state index in [4.69, 9.17) is 9.84 Å². The normalized spacial score (nSPS) is 12.2. The summed E-state index contributed by atoms with van der Waals surface area (Å²) < 4.78 is 5.88. The Morgan fingerprint density at radius 1 is 1.58 bits per heavy atom. The molecule has 1 rings (SSSR count). The van der Waals surface area contributed by atoms with Crippen LogP contribution < -0.4 is 0 Å². The molecular weight excluding hydrogens is 256 g/mol. The minimum Gasteiger partial charge on any atom is -0.476 e. The lowest BCUT2D eigenvalue weighted by atomic mass is 10.3. The molecule has 19 heavy (non-hydrogen) atoms. The fraction of sp³-hybridized carbons (Fsp3) is 0.600. The van der Waals surface area contributed by atoms with Crippen LogP contribution in [-0.2, 0) is 16.1 Å². The first-order valence-corrected chi connectivity index (χ1v) is 5.48. The number of carbonyl (C=O) groups excluding carboxylic acids is 1. The van der Waals surface area contributed by atoms with Crippen LogP contribution in [0.1, 0.15) is 10.5 Å². The molecule has 9 nitrogen and oxygen atoms in total. The lowest BCUT2D eigenvalue weighted by Crippen LogP contribution is -2.38. The number of aliphatic hydroxyl groups is 1. The first-order valence-electron chi connectivity index (χ1n) is 5.48. The molecule has 0 saturated heterocycles. The summed E-state index contributed by atoms with van der Waals surface area (Å²) in [5, 5.41) is 25.1. The Hall–Kier alpha value is -2.00. The fourth-order valence-electron chi connectivity index (χ4n) is 1.40. The summed E-state index contributed by atoms with van der Waals surface area (Å²) >= 11 is 0. The van der Waals surface area contributed by atoms with Crippen molar-refractivity contribution < 1.29 is 24.5 Å². The van der Waals surface area contributed by atoms with Gasteiger partial charge >= 0.3 is 5.97 Å². The third kappa shape index (κ3) is 4.64. The van der Waals surface area contributed by atoms with Crippen LogP contribution in [0.2, 0.25) is 0 Å². The van der Waals surface area contributed by atoms with E-state index in [2.05, 4.69) is 10.3 Å².